The summed E-state index contributed by atoms with van der Waals surface area (Å²) >= 11 is 0. The predicted octanol–water partition coefficient (Wildman–Crippen LogP) is 4.24. The third-order valence-corrected chi connectivity index (χ3v) is 6.84. The number of hydrogen-bond acceptors (Lipinski definition) is 3. The van der Waals surface area contributed by atoms with E-state index in [1.807, 2.05) is 0 Å². The van der Waals surface area contributed by atoms with E-state index in [1.54, 1.807) is 21.3 Å². The van der Waals surface area contributed by atoms with Crippen molar-refractivity contribution in [2.45, 2.75) is 64.2 Å². The van der Waals surface area contributed by atoms with Crippen LogP contribution in [0.5, 0.6) is 0 Å². The minimum atomic E-state index is -2.58. The van der Waals surface area contributed by atoms with Crippen molar-refractivity contribution in [1.29, 1.82) is 0 Å². The first kappa shape index (κ1) is 16.9. The van der Waals surface area contributed by atoms with Crippen LogP contribution in [0.25, 0.3) is 0 Å². The van der Waals surface area contributed by atoms with Crippen LogP contribution in [0.15, 0.2) is 11.3 Å². The Bertz CT molecular complexity index is 254. The van der Waals surface area contributed by atoms with Crippen LogP contribution in [-0.4, -0.2) is 30.1 Å². The highest BCUT2D eigenvalue weighted by atomic mass is 28.4. The van der Waals surface area contributed by atoms with E-state index in [1.165, 1.54) is 56.6 Å². The summed E-state index contributed by atoms with van der Waals surface area (Å²) < 4.78 is 16.9. The molecule has 0 aromatic rings. The Morgan fingerprint density at radius 2 is 1.21 bits per heavy atom. The van der Waals surface area contributed by atoms with Gasteiger partial charge in [-0.3, -0.25) is 0 Å². The quantitative estimate of drug-likeness (QED) is 0.723. The maximum absolute atomic E-state index is 5.63. The monoisotopic (exact) mass is 286 g/mol. The fraction of sp³-hybridized carbons (Fsp3) is 0.867. The highest BCUT2D eigenvalue weighted by Crippen LogP contribution is 2.25. The molecule has 1 rings (SSSR count). The Balaban J connectivity index is 2.72. The average Bonchev–Trinajstić information content (AvgIpc) is 2.43. The molecule has 0 unspecified atom stereocenters. The number of hydrogen-bond donors (Lipinski definition) is 0. The molecule has 0 aromatic heterocycles. The molecule has 0 atom stereocenters. The van der Waals surface area contributed by atoms with Gasteiger partial charge in [-0.15, -0.1) is 0 Å². The second-order valence-electron chi connectivity index (χ2n) is 5.27. The van der Waals surface area contributed by atoms with Gasteiger partial charge in [-0.2, -0.15) is 0 Å². The Kier molecular flexibility index (Phi) is 8.62. The fourth-order valence-corrected chi connectivity index (χ4v) is 4.98. The van der Waals surface area contributed by atoms with Crippen molar-refractivity contribution in [3.05, 3.63) is 11.3 Å². The lowest BCUT2D eigenvalue weighted by molar-refractivity contribution is 0.133. The molecule has 0 amide bonds. The van der Waals surface area contributed by atoms with Gasteiger partial charge in [0.25, 0.3) is 0 Å². The SMILES string of the molecule is CO[Si](OC)(OC)C1=CCCCCCCCCCC1. The number of allylic oxidation sites excluding steroid dienone is 2. The minimum absolute atomic E-state index is 1.06. The summed E-state index contributed by atoms with van der Waals surface area (Å²) in [6.45, 7) is 0. The lowest BCUT2D eigenvalue weighted by Crippen LogP contribution is -2.45. The molecule has 0 heterocycles. The van der Waals surface area contributed by atoms with Gasteiger partial charge in [0.15, 0.2) is 0 Å². The van der Waals surface area contributed by atoms with E-state index in [9.17, 15) is 0 Å². The van der Waals surface area contributed by atoms with Crippen LogP contribution >= 0.6 is 0 Å². The van der Waals surface area contributed by atoms with Crippen molar-refractivity contribution in [3.8, 4) is 0 Å². The van der Waals surface area contributed by atoms with Crippen molar-refractivity contribution < 1.29 is 13.3 Å². The smallest absolute Gasteiger partial charge is 0.374 e. The second-order valence-corrected chi connectivity index (χ2v) is 8.24. The van der Waals surface area contributed by atoms with Gasteiger partial charge < -0.3 is 13.3 Å². The predicted molar refractivity (Wildman–Crippen MR) is 81.0 cm³/mol. The summed E-state index contributed by atoms with van der Waals surface area (Å²) in [5.41, 5.74) is 0. The van der Waals surface area contributed by atoms with Crippen LogP contribution in [0.4, 0.5) is 0 Å². The normalized spacial score (nSPS) is 20.3. The van der Waals surface area contributed by atoms with E-state index in [4.69, 9.17) is 13.3 Å². The third-order valence-electron chi connectivity index (χ3n) is 3.99. The first-order valence-corrected chi connectivity index (χ1v) is 9.36. The van der Waals surface area contributed by atoms with Gasteiger partial charge in [-0.1, -0.05) is 44.6 Å². The molecular weight excluding hydrogens is 256 g/mol. The van der Waals surface area contributed by atoms with Crippen molar-refractivity contribution in [2.75, 3.05) is 21.3 Å². The van der Waals surface area contributed by atoms with Crippen LogP contribution in [-0.2, 0) is 13.3 Å². The molecule has 1 aliphatic carbocycles. The van der Waals surface area contributed by atoms with E-state index in [0.29, 0.717) is 0 Å². The molecule has 0 aromatic carbocycles. The molecule has 0 spiro atoms. The van der Waals surface area contributed by atoms with Crippen LogP contribution in [0.2, 0.25) is 0 Å². The Morgan fingerprint density at radius 1 is 0.737 bits per heavy atom. The van der Waals surface area contributed by atoms with Crippen molar-refractivity contribution in [3.63, 3.8) is 0 Å². The van der Waals surface area contributed by atoms with Gasteiger partial charge in [0, 0.05) is 21.3 Å². The molecule has 1 aliphatic rings. The zero-order chi connectivity index (χ0) is 14.0. The zero-order valence-electron chi connectivity index (χ0n) is 12.9. The maximum Gasteiger partial charge on any atom is 0.531 e. The Morgan fingerprint density at radius 3 is 1.74 bits per heavy atom. The molecule has 0 fully saturated rings. The van der Waals surface area contributed by atoms with Gasteiger partial charge in [0.2, 0.25) is 0 Å². The molecule has 0 radical (unpaired) electrons. The topological polar surface area (TPSA) is 27.7 Å². The zero-order valence-corrected chi connectivity index (χ0v) is 13.9. The molecule has 0 bridgehead atoms. The molecule has 112 valence electrons. The average molecular weight is 286 g/mol. The van der Waals surface area contributed by atoms with E-state index in [2.05, 4.69) is 6.08 Å². The second kappa shape index (κ2) is 9.70. The molecule has 3 nitrogen and oxygen atoms in total. The first-order chi connectivity index (χ1) is 9.29. The summed E-state index contributed by atoms with van der Waals surface area (Å²) in [6.07, 6.45) is 15.2. The summed E-state index contributed by atoms with van der Waals surface area (Å²) in [4.78, 5) is 0. The summed E-state index contributed by atoms with van der Waals surface area (Å²) in [5, 5.41) is 1.28. The van der Waals surface area contributed by atoms with Crippen LogP contribution in [0.3, 0.4) is 0 Å². The van der Waals surface area contributed by atoms with Gasteiger partial charge in [-0.25, -0.2) is 0 Å². The lowest BCUT2D eigenvalue weighted by Gasteiger charge is -2.27. The lowest BCUT2D eigenvalue weighted by atomic mass is 10.0. The highest BCUT2D eigenvalue weighted by Gasteiger charge is 2.42. The van der Waals surface area contributed by atoms with E-state index < -0.39 is 8.80 Å². The molecule has 19 heavy (non-hydrogen) atoms. The van der Waals surface area contributed by atoms with Crippen molar-refractivity contribution in [1.82, 2.24) is 0 Å². The Hall–Kier alpha value is -0.163. The maximum atomic E-state index is 5.63. The van der Waals surface area contributed by atoms with Gasteiger partial charge in [0.1, 0.15) is 0 Å². The molecule has 0 saturated carbocycles. The molecule has 0 N–H and O–H groups in total. The van der Waals surface area contributed by atoms with E-state index in [0.717, 1.165) is 12.8 Å². The summed E-state index contributed by atoms with van der Waals surface area (Å²) in [5.74, 6) is 0. The molecular formula is C15H30O3Si. The highest BCUT2D eigenvalue weighted by molar-refractivity contribution is 6.68. The summed E-state index contributed by atoms with van der Waals surface area (Å²) in [7, 11) is 2.54. The summed E-state index contributed by atoms with van der Waals surface area (Å²) in [6, 6.07) is 0. The Labute approximate surface area is 119 Å². The van der Waals surface area contributed by atoms with Crippen LogP contribution < -0.4 is 0 Å². The molecule has 0 saturated heterocycles. The van der Waals surface area contributed by atoms with E-state index >= 15 is 0 Å². The van der Waals surface area contributed by atoms with Gasteiger partial charge in [-0.05, 0) is 30.9 Å². The number of rotatable bonds is 4. The molecule has 0 aliphatic heterocycles. The van der Waals surface area contributed by atoms with Crippen LogP contribution in [0.1, 0.15) is 64.2 Å². The minimum Gasteiger partial charge on any atom is -0.374 e. The van der Waals surface area contributed by atoms with E-state index in [-0.39, 0.29) is 0 Å². The first-order valence-electron chi connectivity index (χ1n) is 7.64. The van der Waals surface area contributed by atoms with Crippen molar-refractivity contribution in [2.24, 2.45) is 0 Å². The van der Waals surface area contributed by atoms with Crippen molar-refractivity contribution >= 4 is 8.80 Å². The third kappa shape index (κ3) is 5.38. The largest absolute Gasteiger partial charge is 0.531 e. The van der Waals surface area contributed by atoms with Gasteiger partial charge in [0.05, 0.1) is 0 Å². The van der Waals surface area contributed by atoms with Gasteiger partial charge >= 0.3 is 8.80 Å². The van der Waals surface area contributed by atoms with Crippen LogP contribution in [0, 0.1) is 0 Å². The fourth-order valence-electron chi connectivity index (χ4n) is 2.82. The molecule has 4 heteroatoms. The standard InChI is InChI=1S/C15H30O3Si/c1-16-19(17-2,18-3)15-13-11-9-7-5-4-6-8-10-12-14-15/h13H,4-12,14H2,1-3H3.